The molecule has 0 bridgehead atoms. The van der Waals surface area contributed by atoms with Crippen molar-refractivity contribution in [3.63, 3.8) is 0 Å². The first-order valence-electron chi connectivity index (χ1n) is 6.24. The molecule has 92 valence electrons. The number of carbonyl (C=O) groups is 1. The summed E-state index contributed by atoms with van der Waals surface area (Å²) < 4.78 is 5.95. The first kappa shape index (κ1) is 10.4. The van der Waals surface area contributed by atoms with Gasteiger partial charge in [0.2, 0.25) is 5.91 Å². The second-order valence-corrected chi connectivity index (χ2v) is 4.59. The highest BCUT2D eigenvalue weighted by atomic mass is 16.5. The summed E-state index contributed by atoms with van der Waals surface area (Å²) in [5, 5.41) is 0. The Morgan fingerprint density at radius 1 is 0.947 bits per heavy atom. The van der Waals surface area contributed by atoms with E-state index in [9.17, 15) is 4.79 Å². The Kier molecular flexibility index (Phi) is 2.03. The molecule has 0 spiro atoms. The molecule has 0 saturated heterocycles. The molecule has 2 aliphatic rings. The van der Waals surface area contributed by atoms with Crippen LogP contribution in [0.4, 0.5) is 5.69 Å². The molecule has 2 heterocycles. The number of hydrogen-bond donors (Lipinski definition) is 0. The van der Waals surface area contributed by atoms with Gasteiger partial charge < -0.3 is 4.74 Å². The van der Waals surface area contributed by atoms with Gasteiger partial charge in [-0.15, -0.1) is 0 Å². The summed E-state index contributed by atoms with van der Waals surface area (Å²) in [6.45, 7) is 0. The molecule has 4 rings (SSSR count). The lowest BCUT2D eigenvalue weighted by molar-refractivity contribution is -0.116. The monoisotopic (exact) mass is 249 g/mol. The summed E-state index contributed by atoms with van der Waals surface area (Å²) in [5.74, 6) is 1.59. The number of para-hydroxylation sites is 3. The summed E-state index contributed by atoms with van der Waals surface area (Å²) >= 11 is 0. The maximum Gasteiger partial charge on any atom is 0.235 e. The van der Waals surface area contributed by atoms with Crippen molar-refractivity contribution in [1.82, 2.24) is 0 Å². The third kappa shape index (κ3) is 1.41. The molecule has 0 saturated carbocycles. The Balaban J connectivity index is 2.03. The Bertz CT molecular complexity index is 718. The van der Waals surface area contributed by atoms with Gasteiger partial charge in [-0.05, 0) is 24.3 Å². The van der Waals surface area contributed by atoms with Gasteiger partial charge in [0.1, 0.15) is 5.75 Å². The van der Waals surface area contributed by atoms with Gasteiger partial charge in [0, 0.05) is 12.0 Å². The number of rotatable bonds is 0. The van der Waals surface area contributed by atoms with Crippen LogP contribution in [0.25, 0.3) is 5.70 Å². The molecule has 3 nitrogen and oxygen atoms in total. The van der Waals surface area contributed by atoms with Crippen molar-refractivity contribution in [3.05, 3.63) is 60.2 Å². The number of anilines is 1. The fraction of sp³-hybridized carbons (Fsp3) is 0.0625. The molecule has 0 aromatic heterocycles. The Hall–Kier alpha value is -2.55. The zero-order valence-corrected chi connectivity index (χ0v) is 10.2. The first-order chi connectivity index (χ1) is 9.34. The SMILES string of the molecule is O=C1CC=C2c3ccccc3Oc3ccccc3N12. The van der Waals surface area contributed by atoms with Crippen molar-refractivity contribution >= 4 is 17.3 Å². The van der Waals surface area contributed by atoms with E-state index in [4.69, 9.17) is 4.74 Å². The summed E-state index contributed by atoms with van der Waals surface area (Å²) in [6, 6.07) is 15.4. The Morgan fingerprint density at radius 3 is 2.58 bits per heavy atom. The van der Waals surface area contributed by atoms with Crippen LogP contribution in [0.5, 0.6) is 11.5 Å². The van der Waals surface area contributed by atoms with E-state index in [0.717, 1.165) is 22.7 Å². The van der Waals surface area contributed by atoms with E-state index < -0.39 is 0 Å². The Morgan fingerprint density at radius 2 is 1.68 bits per heavy atom. The fourth-order valence-electron chi connectivity index (χ4n) is 2.61. The second kappa shape index (κ2) is 3.72. The van der Waals surface area contributed by atoms with Gasteiger partial charge in [-0.2, -0.15) is 0 Å². The van der Waals surface area contributed by atoms with Gasteiger partial charge in [-0.3, -0.25) is 9.69 Å². The average molecular weight is 249 g/mol. The van der Waals surface area contributed by atoms with Gasteiger partial charge in [-0.25, -0.2) is 0 Å². The maximum absolute atomic E-state index is 12.2. The molecule has 19 heavy (non-hydrogen) atoms. The van der Waals surface area contributed by atoms with Crippen LogP contribution in [-0.4, -0.2) is 5.91 Å². The minimum Gasteiger partial charge on any atom is -0.454 e. The molecule has 2 aromatic rings. The van der Waals surface area contributed by atoms with E-state index in [0.29, 0.717) is 12.2 Å². The molecular formula is C16H11NO2. The number of hydrogen-bond acceptors (Lipinski definition) is 2. The number of fused-ring (bicyclic) bond motifs is 5. The minimum atomic E-state index is 0.0859. The van der Waals surface area contributed by atoms with Crippen LogP contribution in [0.3, 0.4) is 0 Å². The highest BCUT2D eigenvalue weighted by Crippen LogP contribution is 2.45. The van der Waals surface area contributed by atoms with Crippen LogP contribution in [-0.2, 0) is 4.79 Å². The van der Waals surface area contributed by atoms with E-state index in [1.165, 1.54) is 0 Å². The molecule has 0 atom stereocenters. The van der Waals surface area contributed by atoms with Crippen molar-refractivity contribution < 1.29 is 9.53 Å². The second-order valence-electron chi connectivity index (χ2n) is 4.59. The van der Waals surface area contributed by atoms with Crippen LogP contribution in [0.15, 0.2) is 54.6 Å². The molecule has 0 unspecified atom stereocenters. The average Bonchev–Trinajstić information content (AvgIpc) is 2.75. The van der Waals surface area contributed by atoms with E-state index in [1.54, 1.807) is 4.90 Å². The first-order valence-corrected chi connectivity index (χ1v) is 6.24. The normalized spacial score (nSPS) is 15.9. The molecule has 1 amide bonds. The molecular weight excluding hydrogens is 238 g/mol. The maximum atomic E-state index is 12.2. The van der Waals surface area contributed by atoms with E-state index >= 15 is 0 Å². The van der Waals surface area contributed by atoms with E-state index in [-0.39, 0.29) is 5.91 Å². The van der Waals surface area contributed by atoms with Gasteiger partial charge in [-0.1, -0.05) is 30.3 Å². The minimum absolute atomic E-state index is 0.0859. The number of carbonyl (C=O) groups excluding carboxylic acids is 1. The fourth-order valence-corrected chi connectivity index (χ4v) is 2.61. The predicted molar refractivity (Wildman–Crippen MR) is 73.0 cm³/mol. The lowest BCUT2D eigenvalue weighted by Crippen LogP contribution is -2.23. The largest absolute Gasteiger partial charge is 0.454 e. The van der Waals surface area contributed by atoms with Crippen molar-refractivity contribution in [2.75, 3.05) is 4.90 Å². The molecule has 0 radical (unpaired) electrons. The predicted octanol–water partition coefficient (Wildman–Crippen LogP) is 3.57. The van der Waals surface area contributed by atoms with Crippen LogP contribution < -0.4 is 9.64 Å². The van der Waals surface area contributed by atoms with Crippen molar-refractivity contribution in [1.29, 1.82) is 0 Å². The van der Waals surface area contributed by atoms with Gasteiger partial charge >= 0.3 is 0 Å². The molecule has 0 N–H and O–H groups in total. The highest BCUT2D eigenvalue weighted by molar-refractivity contribution is 6.12. The summed E-state index contributed by atoms with van der Waals surface area (Å²) in [7, 11) is 0. The van der Waals surface area contributed by atoms with E-state index in [1.807, 2.05) is 54.6 Å². The van der Waals surface area contributed by atoms with E-state index in [2.05, 4.69) is 0 Å². The lowest BCUT2D eigenvalue weighted by atomic mass is 10.1. The Labute approximate surface area is 110 Å². The molecule has 0 fully saturated rings. The highest BCUT2D eigenvalue weighted by Gasteiger charge is 2.32. The number of benzene rings is 2. The van der Waals surface area contributed by atoms with Crippen LogP contribution in [0.1, 0.15) is 12.0 Å². The lowest BCUT2D eigenvalue weighted by Gasteiger charge is -2.19. The topological polar surface area (TPSA) is 29.5 Å². The number of amides is 1. The summed E-state index contributed by atoms with van der Waals surface area (Å²) in [5.41, 5.74) is 2.70. The third-order valence-corrected chi connectivity index (χ3v) is 3.45. The summed E-state index contributed by atoms with van der Waals surface area (Å²) in [4.78, 5) is 13.9. The standard InChI is InChI=1S/C16H11NO2/c18-16-10-9-12-11-5-1-3-7-14(11)19-15-8-4-2-6-13(15)17(12)16/h1-9H,10H2. The van der Waals surface area contributed by atoms with Crippen LogP contribution in [0.2, 0.25) is 0 Å². The smallest absolute Gasteiger partial charge is 0.235 e. The molecule has 3 heteroatoms. The quantitative estimate of drug-likeness (QED) is 0.714. The third-order valence-electron chi connectivity index (χ3n) is 3.45. The zero-order chi connectivity index (χ0) is 12.8. The number of nitrogens with zero attached hydrogens (tertiary/aromatic N) is 1. The van der Waals surface area contributed by atoms with Crippen LogP contribution >= 0.6 is 0 Å². The molecule has 2 aliphatic heterocycles. The van der Waals surface area contributed by atoms with Crippen molar-refractivity contribution in [3.8, 4) is 11.5 Å². The van der Waals surface area contributed by atoms with Crippen LogP contribution in [0, 0.1) is 0 Å². The zero-order valence-electron chi connectivity index (χ0n) is 10.2. The number of ether oxygens (including phenoxy) is 1. The van der Waals surface area contributed by atoms with Gasteiger partial charge in [0.05, 0.1) is 11.4 Å². The van der Waals surface area contributed by atoms with Crippen molar-refractivity contribution in [2.45, 2.75) is 6.42 Å². The summed E-state index contributed by atoms with van der Waals surface area (Å²) in [6.07, 6.45) is 2.41. The van der Waals surface area contributed by atoms with Crippen molar-refractivity contribution in [2.24, 2.45) is 0 Å². The van der Waals surface area contributed by atoms with Gasteiger partial charge in [0.25, 0.3) is 0 Å². The van der Waals surface area contributed by atoms with Gasteiger partial charge in [0.15, 0.2) is 5.75 Å². The molecule has 0 aliphatic carbocycles. The molecule has 2 aromatic carbocycles.